The summed E-state index contributed by atoms with van der Waals surface area (Å²) in [6.45, 7) is 1.80. The van der Waals surface area contributed by atoms with Crippen molar-refractivity contribution in [3.63, 3.8) is 0 Å². The van der Waals surface area contributed by atoms with Crippen LogP contribution >= 0.6 is 0 Å². The Morgan fingerprint density at radius 2 is 2.00 bits per heavy atom. The third-order valence-corrected chi connectivity index (χ3v) is 5.17. The van der Waals surface area contributed by atoms with E-state index < -0.39 is 5.91 Å². The highest BCUT2D eigenvalue weighted by atomic mass is 16.2. The molecular formula is C24H28N8O2. The monoisotopic (exact) mass is 460 g/mol. The maximum Gasteiger partial charge on any atom is 0.269 e. The minimum Gasteiger partial charge on any atom is -0.404 e. The molecule has 0 aliphatic heterocycles. The number of rotatable bonds is 9. The van der Waals surface area contributed by atoms with Gasteiger partial charge in [0.2, 0.25) is 0 Å². The van der Waals surface area contributed by atoms with Crippen LogP contribution in [-0.4, -0.2) is 41.1 Å². The van der Waals surface area contributed by atoms with E-state index in [2.05, 4.69) is 25.9 Å². The van der Waals surface area contributed by atoms with Gasteiger partial charge in [-0.15, -0.1) is 0 Å². The number of pyridine rings is 2. The van der Waals surface area contributed by atoms with Crippen LogP contribution in [0.5, 0.6) is 0 Å². The van der Waals surface area contributed by atoms with Gasteiger partial charge in [-0.1, -0.05) is 0 Å². The second-order valence-electron chi connectivity index (χ2n) is 7.73. The number of nitrogens with one attached hydrogen (secondary N) is 4. The number of hydrogen-bond donors (Lipinski definition) is 6. The number of nitrogens with two attached hydrogens (primary N) is 2. The van der Waals surface area contributed by atoms with Gasteiger partial charge in [-0.25, -0.2) is 0 Å². The van der Waals surface area contributed by atoms with Crippen LogP contribution in [0, 0.1) is 12.3 Å². The quantitative estimate of drug-likeness (QED) is 0.188. The molecule has 2 aromatic heterocycles. The van der Waals surface area contributed by atoms with Gasteiger partial charge in [-0.05, 0) is 55.2 Å². The average molecular weight is 461 g/mol. The van der Waals surface area contributed by atoms with Gasteiger partial charge in [0.05, 0.1) is 17.5 Å². The van der Waals surface area contributed by atoms with E-state index in [0.717, 1.165) is 19.1 Å². The molecule has 0 saturated heterocycles. The number of anilines is 1. The largest absolute Gasteiger partial charge is 0.404 e. The van der Waals surface area contributed by atoms with Crippen LogP contribution in [0.15, 0.2) is 54.6 Å². The Labute approximate surface area is 197 Å². The highest BCUT2D eigenvalue weighted by molar-refractivity contribution is 6.17. The van der Waals surface area contributed by atoms with Crippen LogP contribution in [0.25, 0.3) is 11.3 Å². The van der Waals surface area contributed by atoms with E-state index in [1.807, 2.05) is 0 Å². The molecule has 8 N–H and O–H groups in total. The first-order valence-corrected chi connectivity index (χ1v) is 10.7. The number of aryl methyl sites for hydroxylation is 1. The van der Waals surface area contributed by atoms with Crippen molar-refractivity contribution in [1.29, 1.82) is 5.41 Å². The van der Waals surface area contributed by atoms with Gasteiger partial charge >= 0.3 is 0 Å². The number of carbonyl (C=O) groups excluding carboxylic acids is 2. The molecule has 2 aromatic rings. The zero-order valence-corrected chi connectivity index (χ0v) is 19.1. The molecule has 1 aliphatic carbocycles. The van der Waals surface area contributed by atoms with E-state index in [0.29, 0.717) is 39.8 Å². The summed E-state index contributed by atoms with van der Waals surface area (Å²) in [5, 5.41) is 15.9. The Kier molecular flexibility index (Phi) is 7.75. The zero-order valence-electron chi connectivity index (χ0n) is 19.1. The molecule has 0 spiro atoms. The lowest BCUT2D eigenvalue weighted by molar-refractivity contribution is -0.112. The number of hydrogen-bond acceptors (Lipinski definition) is 8. The summed E-state index contributed by atoms with van der Waals surface area (Å²) in [6.07, 6.45) is 10.8. The SMILES string of the molecule is CNC(=O)c1cc(C(/C=C(\N)c2cc(NC(=O)/C(C=N)=C/NC3CC3)cnc2C)=C/N)ccn1. The standard InChI is InChI=1S/C24H28N8O2/c1-14-20(9-19(13-30-14)32-23(33)17(11-26)12-31-18-3-4-18)21(27)7-16(10-25)15-5-6-29-22(8-15)24(34)28-2/h5-13,18,26,31H,3-4,25,27H2,1-2H3,(H,28,34)(H,32,33)/b16-10+,17-12+,21-7-,26-11?. The van der Waals surface area contributed by atoms with Gasteiger partial charge in [-0.2, -0.15) is 0 Å². The molecule has 0 atom stereocenters. The first-order chi connectivity index (χ1) is 16.4. The Bertz CT molecular complexity index is 1200. The number of nitrogens with zero attached hydrogens (tertiary/aromatic N) is 2. The highest BCUT2D eigenvalue weighted by Crippen LogP contribution is 2.23. The van der Waals surface area contributed by atoms with E-state index in [-0.39, 0.29) is 17.2 Å². The molecule has 10 heteroatoms. The molecule has 10 nitrogen and oxygen atoms in total. The maximum absolute atomic E-state index is 12.6. The van der Waals surface area contributed by atoms with Crippen LogP contribution in [-0.2, 0) is 4.79 Å². The van der Waals surface area contributed by atoms with Gasteiger partial charge in [0.15, 0.2) is 0 Å². The number of carbonyl (C=O) groups is 2. The van der Waals surface area contributed by atoms with Gasteiger partial charge < -0.3 is 32.8 Å². The fourth-order valence-electron chi connectivity index (χ4n) is 3.06. The first-order valence-electron chi connectivity index (χ1n) is 10.7. The fourth-order valence-corrected chi connectivity index (χ4v) is 3.06. The molecule has 3 rings (SSSR count). The summed E-state index contributed by atoms with van der Waals surface area (Å²) in [6, 6.07) is 5.41. The average Bonchev–Trinajstić information content (AvgIpc) is 3.68. The van der Waals surface area contributed by atoms with Crippen LogP contribution in [0.1, 0.15) is 40.2 Å². The highest BCUT2D eigenvalue weighted by Gasteiger charge is 2.20. The van der Waals surface area contributed by atoms with E-state index in [1.165, 1.54) is 25.6 Å². The van der Waals surface area contributed by atoms with E-state index in [4.69, 9.17) is 16.9 Å². The Morgan fingerprint density at radius 3 is 2.65 bits per heavy atom. The van der Waals surface area contributed by atoms with E-state index >= 15 is 0 Å². The Hall–Kier alpha value is -4.47. The van der Waals surface area contributed by atoms with Crippen molar-refractivity contribution in [2.75, 3.05) is 12.4 Å². The van der Waals surface area contributed by atoms with Crippen LogP contribution in [0.3, 0.4) is 0 Å². The molecule has 1 aliphatic rings. The van der Waals surface area contributed by atoms with Gasteiger partial charge in [0.1, 0.15) is 5.69 Å². The van der Waals surface area contributed by atoms with Crippen molar-refractivity contribution >= 4 is 35.0 Å². The van der Waals surface area contributed by atoms with Crippen molar-refractivity contribution < 1.29 is 9.59 Å². The lowest BCUT2D eigenvalue weighted by atomic mass is 10.0. The van der Waals surface area contributed by atoms with E-state index in [9.17, 15) is 9.59 Å². The van der Waals surface area contributed by atoms with Crippen molar-refractivity contribution in [3.05, 3.63) is 77.2 Å². The summed E-state index contributed by atoms with van der Waals surface area (Å²) < 4.78 is 0. The minimum absolute atomic E-state index is 0.204. The van der Waals surface area contributed by atoms with Crippen molar-refractivity contribution in [3.8, 4) is 0 Å². The molecule has 0 radical (unpaired) electrons. The Balaban J connectivity index is 1.84. The molecule has 34 heavy (non-hydrogen) atoms. The van der Waals surface area contributed by atoms with Crippen molar-refractivity contribution in [2.45, 2.75) is 25.8 Å². The molecule has 0 bridgehead atoms. The van der Waals surface area contributed by atoms with Crippen LogP contribution in [0.2, 0.25) is 0 Å². The Morgan fingerprint density at radius 1 is 1.24 bits per heavy atom. The smallest absolute Gasteiger partial charge is 0.269 e. The molecular weight excluding hydrogens is 432 g/mol. The molecule has 176 valence electrons. The third kappa shape index (κ3) is 6.06. The van der Waals surface area contributed by atoms with Crippen LogP contribution < -0.4 is 27.4 Å². The lowest BCUT2D eigenvalue weighted by Gasteiger charge is -2.11. The zero-order chi connectivity index (χ0) is 24.7. The lowest BCUT2D eigenvalue weighted by Crippen LogP contribution is -2.19. The summed E-state index contributed by atoms with van der Waals surface area (Å²) in [5.74, 6) is -0.743. The predicted octanol–water partition coefficient (Wildman–Crippen LogP) is 1.67. The third-order valence-electron chi connectivity index (χ3n) is 5.17. The minimum atomic E-state index is -0.427. The topological polar surface area (TPSA) is 172 Å². The normalized spacial score (nSPS) is 14.4. The van der Waals surface area contributed by atoms with Crippen LogP contribution in [0.4, 0.5) is 5.69 Å². The van der Waals surface area contributed by atoms with Gasteiger partial charge in [-0.3, -0.25) is 19.6 Å². The number of amides is 2. The molecule has 1 fully saturated rings. The van der Waals surface area contributed by atoms with E-state index in [1.54, 1.807) is 37.4 Å². The fraction of sp³-hybridized carbons (Fsp3) is 0.208. The second kappa shape index (κ2) is 10.9. The van der Waals surface area contributed by atoms with Gasteiger partial charge in [0.25, 0.3) is 11.8 Å². The maximum atomic E-state index is 12.6. The second-order valence-corrected chi connectivity index (χ2v) is 7.73. The molecule has 2 amide bonds. The molecule has 0 unspecified atom stereocenters. The summed E-state index contributed by atoms with van der Waals surface area (Å²) in [4.78, 5) is 32.9. The van der Waals surface area contributed by atoms with Gasteiger partial charge in [0, 0.05) is 54.9 Å². The first kappa shape index (κ1) is 24.2. The predicted molar refractivity (Wildman–Crippen MR) is 133 cm³/mol. The van der Waals surface area contributed by atoms with Crippen molar-refractivity contribution in [1.82, 2.24) is 20.6 Å². The number of aromatic nitrogens is 2. The molecule has 0 aromatic carbocycles. The number of allylic oxidation sites excluding steroid dienone is 2. The van der Waals surface area contributed by atoms with Crippen molar-refractivity contribution in [2.24, 2.45) is 11.5 Å². The summed E-state index contributed by atoms with van der Waals surface area (Å²) >= 11 is 0. The molecule has 2 heterocycles. The summed E-state index contributed by atoms with van der Waals surface area (Å²) in [5.41, 5.74) is 16.0. The summed E-state index contributed by atoms with van der Waals surface area (Å²) in [7, 11) is 1.53. The molecule has 1 saturated carbocycles.